The van der Waals surface area contributed by atoms with Gasteiger partial charge in [-0.15, -0.1) is 11.3 Å². The highest BCUT2D eigenvalue weighted by molar-refractivity contribution is 7.10. The van der Waals surface area contributed by atoms with Crippen LogP contribution in [0.1, 0.15) is 34.7 Å². The van der Waals surface area contributed by atoms with Crippen molar-refractivity contribution in [3.8, 4) is 0 Å². The van der Waals surface area contributed by atoms with Crippen molar-refractivity contribution in [1.82, 2.24) is 0 Å². The van der Waals surface area contributed by atoms with Gasteiger partial charge in [0.2, 0.25) is 0 Å². The first kappa shape index (κ1) is 13.7. The van der Waals surface area contributed by atoms with E-state index in [9.17, 15) is 0 Å². The minimum absolute atomic E-state index is 0.236. The SMILES string of the molecule is CCc1oc2ccccc2c1C(N)c1scc(C)c1Cl. The highest BCUT2D eigenvalue weighted by atomic mass is 35.5. The highest BCUT2D eigenvalue weighted by Crippen LogP contribution is 2.39. The number of thiophene rings is 1. The molecule has 1 aromatic carbocycles. The van der Waals surface area contributed by atoms with Gasteiger partial charge in [0.05, 0.1) is 11.1 Å². The van der Waals surface area contributed by atoms with Crippen molar-refractivity contribution < 1.29 is 4.42 Å². The Morgan fingerprint density at radius 2 is 2.10 bits per heavy atom. The van der Waals surface area contributed by atoms with Crippen molar-refractivity contribution in [1.29, 1.82) is 0 Å². The third-order valence-corrected chi connectivity index (χ3v) is 5.35. The maximum Gasteiger partial charge on any atom is 0.134 e. The summed E-state index contributed by atoms with van der Waals surface area (Å²) in [6.07, 6.45) is 0.819. The molecule has 2 N–H and O–H groups in total. The standard InChI is InChI=1S/C16H16ClNOS/c1-3-11-13(10-6-4-5-7-12(10)19-11)15(18)16-14(17)9(2)8-20-16/h4-8,15H,3,18H2,1-2H3. The first-order chi connectivity index (χ1) is 9.63. The third kappa shape index (κ3) is 2.06. The predicted octanol–water partition coefficient (Wildman–Crippen LogP) is 5.07. The van der Waals surface area contributed by atoms with Crippen LogP contribution in [0.2, 0.25) is 5.02 Å². The summed E-state index contributed by atoms with van der Waals surface area (Å²) < 4.78 is 5.92. The van der Waals surface area contributed by atoms with Crippen LogP contribution in [0.3, 0.4) is 0 Å². The van der Waals surface area contributed by atoms with Gasteiger partial charge in [-0.25, -0.2) is 0 Å². The molecule has 1 unspecified atom stereocenters. The Morgan fingerprint density at radius 3 is 2.75 bits per heavy atom. The summed E-state index contributed by atoms with van der Waals surface area (Å²) in [6, 6.07) is 7.78. The average Bonchev–Trinajstić information content (AvgIpc) is 2.99. The lowest BCUT2D eigenvalue weighted by Gasteiger charge is -2.11. The van der Waals surface area contributed by atoms with Gasteiger partial charge in [0.25, 0.3) is 0 Å². The molecule has 0 saturated heterocycles. The summed E-state index contributed by atoms with van der Waals surface area (Å²) in [5.41, 5.74) is 9.51. The Balaban J connectivity index is 2.20. The number of hydrogen-bond donors (Lipinski definition) is 1. The van der Waals surface area contributed by atoms with Crippen LogP contribution in [-0.2, 0) is 6.42 Å². The van der Waals surface area contributed by atoms with Gasteiger partial charge in [0.15, 0.2) is 0 Å². The molecule has 0 fully saturated rings. The fraction of sp³-hybridized carbons (Fsp3) is 0.250. The second-order valence-electron chi connectivity index (χ2n) is 4.86. The van der Waals surface area contributed by atoms with Crippen molar-refractivity contribution in [2.45, 2.75) is 26.3 Å². The minimum Gasteiger partial charge on any atom is -0.461 e. The summed E-state index contributed by atoms with van der Waals surface area (Å²) in [6.45, 7) is 4.08. The number of fused-ring (bicyclic) bond motifs is 1. The molecule has 0 aliphatic rings. The van der Waals surface area contributed by atoms with Gasteiger partial charge in [0.1, 0.15) is 11.3 Å². The van der Waals surface area contributed by atoms with Crippen LogP contribution < -0.4 is 5.73 Å². The number of aryl methyl sites for hydroxylation is 2. The second kappa shape index (κ2) is 5.24. The molecule has 0 spiro atoms. The summed E-state index contributed by atoms with van der Waals surface area (Å²) >= 11 is 7.98. The lowest BCUT2D eigenvalue weighted by molar-refractivity contribution is 0.547. The molecule has 20 heavy (non-hydrogen) atoms. The summed E-state index contributed by atoms with van der Waals surface area (Å²) in [7, 11) is 0. The summed E-state index contributed by atoms with van der Waals surface area (Å²) in [4.78, 5) is 1.01. The van der Waals surface area contributed by atoms with Crippen molar-refractivity contribution in [2.75, 3.05) is 0 Å². The quantitative estimate of drug-likeness (QED) is 0.734. The monoisotopic (exact) mass is 305 g/mol. The van der Waals surface area contributed by atoms with Crippen LogP contribution in [0.5, 0.6) is 0 Å². The van der Waals surface area contributed by atoms with Crippen molar-refractivity contribution >= 4 is 33.9 Å². The largest absolute Gasteiger partial charge is 0.461 e. The Kier molecular flexibility index (Phi) is 3.59. The molecule has 0 bridgehead atoms. The van der Waals surface area contributed by atoms with Crippen molar-refractivity contribution in [3.63, 3.8) is 0 Å². The Labute approximate surface area is 127 Å². The highest BCUT2D eigenvalue weighted by Gasteiger charge is 2.23. The van der Waals surface area contributed by atoms with Gasteiger partial charge >= 0.3 is 0 Å². The van der Waals surface area contributed by atoms with E-state index in [-0.39, 0.29) is 6.04 Å². The van der Waals surface area contributed by atoms with Crippen LogP contribution in [0.15, 0.2) is 34.1 Å². The zero-order valence-corrected chi connectivity index (χ0v) is 13.0. The van der Waals surface area contributed by atoms with Crippen LogP contribution in [-0.4, -0.2) is 0 Å². The zero-order valence-electron chi connectivity index (χ0n) is 11.4. The van der Waals surface area contributed by atoms with Crippen molar-refractivity contribution in [2.24, 2.45) is 5.73 Å². The van der Waals surface area contributed by atoms with Crippen LogP contribution >= 0.6 is 22.9 Å². The van der Waals surface area contributed by atoms with E-state index < -0.39 is 0 Å². The Hall–Kier alpha value is -1.29. The van der Waals surface area contributed by atoms with E-state index in [0.717, 1.165) is 44.2 Å². The molecule has 0 aliphatic heterocycles. The van der Waals surface area contributed by atoms with Gasteiger partial charge in [-0.05, 0) is 23.9 Å². The molecule has 0 aliphatic carbocycles. The molecule has 2 heterocycles. The smallest absolute Gasteiger partial charge is 0.134 e. The molecule has 0 amide bonds. The zero-order chi connectivity index (χ0) is 14.3. The number of hydrogen-bond acceptors (Lipinski definition) is 3. The fourth-order valence-electron chi connectivity index (χ4n) is 2.51. The topological polar surface area (TPSA) is 39.2 Å². The molecular weight excluding hydrogens is 290 g/mol. The van der Waals surface area contributed by atoms with E-state index in [0.29, 0.717) is 0 Å². The number of nitrogens with two attached hydrogens (primary N) is 1. The van der Waals surface area contributed by atoms with E-state index in [2.05, 4.69) is 13.0 Å². The lowest BCUT2D eigenvalue weighted by Crippen LogP contribution is -2.12. The van der Waals surface area contributed by atoms with E-state index in [4.69, 9.17) is 21.8 Å². The number of furan rings is 1. The van der Waals surface area contributed by atoms with Crippen LogP contribution in [0, 0.1) is 6.92 Å². The number of halogens is 1. The maximum atomic E-state index is 6.48. The second-order valence-corrected chi connectivity index (χ2v) is 6.15. The van der Waals surface area contributed by atoms with Gasteiger partial charge in [-0.1, -0.05) is 36.7 Å². The number of para-hydroxylation sites is 1. The van der Waals surface area contributed by atoms with E-state index in [1.54, 1.807) is 11.3 Å². The number of rotatable bonds is 3. The maximum absolute atomic E-state index is 6.48. The third-order valence-electron chi connectivity index (χ3n) is 3.55. The summed E-state index contributed by atoms with van der Waals surface area (Å²) in [5, 5.41) is 3.90. The Bertz CT molecular complexity index is 759. The van der Waals surface area contributed by atoms with Gasteiger partial charge in [0, 0.05) is 22.2 Å². The molecule has 3 rings (SSSR count). The van der Waals surface area contributed by atoms with E-state index >= 15 is 0 Å². The molecule has 0 saturated carbocycles. The molecule has 2 nitrogen and oxygen atoms in total. The van der Waals surface area contributed by atoms with Crippen LogP contribution in [0.4, 0.5) is 0 Å². The van der Waals surface area contributed by atoms with Crippen LogP contribution in [0.25, 0.3) is 11.0 Å². The first-order valence-corrected chi connectivity index (χ1v) is 7.88. The first-order valence-electron chi connectivity index (χ1n) is 6.62. The molecule has 0 radical (unpaired) electrons. The molecular formula is C16H16ClNOS. The normalized spacial score (nSPS) is 13.0. The lowest BCUT2D eigenvalue weighted by atomic mass is 10.0. The molecule has 3 aromatic rings. The van der Waals surface area contributed by atoms with E-state index in [1.165, 1.54) is 0 Å². The average molecular weight is 306 g/mol. The molecule has 1 atom stereocenters. The van der Waals surface area contributed by atoms with E-state index in [1.807, 2.05) is 30.5 Å². The minimum atomic E-state index is -0.236. The van der Waals surface area contributed by atoms with Crippen molar-refractivity contribution in [3.05, 3.63) is 56.4 Å². The predicted molar refractivity (Wildman–Crippen MR) is 85.7 cm³/mol. The molecule has 104 valence electrons. The summed E-state index contributed by atoms with van der Waals surface area (Å²) in [5.74, 6) is 0.945. The fourth-order valence-corrected chi connectivity index (χ4v) is 3.83. The molecule has 2 aromatic heterocycles. The molecule has 4 heteroatoms. The number of benzene rings is 1. The Morgan fingerprint density at radius 1 is 1.35 bits per heavy atom. The van der Waals surface area contributed by atoms with Gasteiger partial charge in [-0.2, -0.15) is 0 Å². The van der Waals surface area contributed by atoms with Gasteiger partial charge in [-0.3, -0.25) is 0 Å². The van der Waals surface area contributed by atoms with Gasteiger partial charge < -0.3 is 10.2 Å².